The van der Waals surface area contributed by atoms with E-state index in [1.54, 1.807) is 0 Å². The fourth-order valence-electron chi connectivity index (χ4n) is 1.70. The van der Waals surface area contributed by atoms with Crippen molar-refractivity contribution in [3.05, 3.63) is 36.0 Å². The van der Waals surface area contributed by atoms with E-state index in [1.165, 1.54) is 12.0 Å². The summed E-state index contributed by atoms with van der Waals surface area (Å²) in [6.07, 6.45) is 14.1. The van der Waals surface area contributed by atoms with Crippen molar-refractivity contribution < 1.29 is 0 Å². The van der Waals surface area contributed by atoms with Crippen LogP contribution in [0.5, 0.6) is 0 Å². The fraction of sp³-hybridized carbons (Fsp3) is 0.579. The fourth-order valence-corrected chi connectivity index (χ4v) is 1.70. The Labute approximate surface area is 120 Å². The van der Waals surface area contributed by atoms with Gasteiger partial charge in [0.05, 0.1) is 0 Å². The average molecular weight is 258 g/mol. The molecule has 0 saturated carbocycles. The molecule has 0 rings (SSSR count). The zero-order valence-corrected chi connectivity index (χ0v) is 13.6. The van der Waals surface area contributed by atoms with Gasteiger partial charge in [-0.1, -0.05) is 63.5 Å². The Morgan fingerprint density at radius 1 is 1.26 bits per heavy atom. The summed E-state index contributed by atoms with van der Waals surface area (Å²) in [6, 6.07) is 0. The normalized spacial score (nSPS) is 14.7. The maximum Gasteiger partial charge on any atom is 0.0298 e. The zero-order chi connectivity index (χ0) is 14.7. The Bertz CT molecular complexity index is 380. The van der Waals surface area contributed by atoms with E-state index in [0.717, 1.165) is 12.8 Å². The minimum Gasteiger partial charge on any atom is -0.103 e. The molecule has 0 bridgehead atoms. The number of rotatable bonds is 6. The molecule has 0 aromatic carbocycles. The third-order valence-electron chi connectivity index (χ3n) is 3.04. The van der Waals surface area contributed by atoms with Gasteiger partial charge in [-0.3, -0.25) is 0 Å². The zero-order valence-electron chi connectivity index (χ0n) is 13.6. The van der Waals surface area contributed by atoms with Crippen LogP contribution in [0.3, 0.4) is 0 Å². The van der Waals surface area contributed by atoms with Crippen LogP contribution in [0.2, 0.25) is 0 Å². The van der Waals surface area contributed by atoms with Crippen LogP contribution in [0.25, 0.3) is 0 Å². The molecule has 1 unspecified atom stereocenters. The molecular formula is C19H30. The highest BCUT2D eigenvalue weighted by Gasteiger charge is 2.15. The van der Waals surface area contributed by atoms with Crippen LogP contribution >= 0.6 is 0 Å². The number of hydrogen-bond donors (Lipinski definition) is 0. The lowest BCUT2D eigenvalue weighted by Gasteiger charge is -2.18. The van der Waals surface area contributed by atoms with Gasteiger partial charge in [0.15, 0.2) is 0 Å². The molecule has 0 aromatic heterocycles. The monoisotopic (exact) mass is 258 g/mol. The molecule has 19 heavy (non-hydrogen) atoms. The quantitative estimate of drug-likeness (QED) is 0.410. The van der Waals surface area contributed by atoms with Crippen molar-refractivity contribution in [2.24, 2.45) is 11.3 Å². The van der Waals surface area contributed by atoms with Crippen molar-refractivity contribution in [1.82, 2.24) is 0 Å². The number of hydrogen-bond acceptors (Lipinski definition) is 0. The van der Waals surface area contributed by atoms with E-state index in [1.807, 2.05) is 0 Å². The summed E-state index contributed by atoms with van der Waals surface area (Å²) in [5.41, 5.74) is 1.40. The lowest BCUT2D eigenvalue weighted by Crippen LogP contribution is -2.09. The highest BCUT2D eigenvalue weighted by Crippen LogP contribution is 2.25. The maximum absolute atomic E-state index is 3.37. The van der Waals surface area contributed by atoms with Crippen LogP contribution in [0, 0.1) is 23.2 Å². The van der Waals surface area contributed by atoms with Crippen LogP contribution in [-0.2, 0) is 0 Å². The van der Waals surface area contributed by atoms with E-state index in [9.17, 15) is 0 Å². The van der Waals surface area contributed by atoms with Crippen LogP contribution in [0.1, 0.15) is 60.8 Å². The van der Waals surface area contributed by atoms with E-state index in [-0.39, 0.29) is 5.41 Å². The Hall–Kier alpha value is -1.22. The second-order valence-corrected chi connectivity index (χ2v) is 5.73. The van der Waals surface area contributed by atoms with Gasteiger partial charge in [-0.15, -0.1) is 5.92 Å². The third-order valence-corrected chi connectivity index (χ3v) is 3.04. The molecule has 0 aliphatic rings. The minimum absolute atomic E-state index is 0.0449. The van der Waals surface area contributed by atoms with Crippen LogP contribution in [0.15, 0.2) is 36.0 Å². The van der Waals surface area contributed by atoms with Gasteiger partial charge >= 0.3 is 0 Å². The first-order valence-corrected chi connectivity index (χ1v) is 7.45. The van der Waals surface area contributed by atoms with Crippen molar-refractivity contribution >= 4 is 0 Å². The third kappa shape index (κ3) is 9.37. The molecule has 106 valence electrons. The van der Waals surface area contributed by atoms with Gasteiger partial charge in [-0.2, -0.15) is 0 Å². The Kier molecular flexibility index (Phi) is 9.06. The molecule has 1 atom stereocenters. The summed E-state index contributed by atoms with van der Waals surface area (Å²) >= 11 is 0. The molecule has 0 aromatic rings. The smallest absolute Gasteiger partial charge is 0.0298 e. The summed E-state index contributed by atoms with van der Waals surface area (Å²) in [7, 11) is 0. The summed E-state index contributed by atoms with van der Waals surface area (Å²) in [6.45, 7) is 13.1. The predicted molar refractivity (Wildman–Crippen MR) is 88.0 cm³/mol. The molecular weight excluding hydrogens is 228 g/mol. The molecule has 0 radical (unpaired) electrons. The molecule has 0 spiro atoms. The van der Waals surface area contributed by atoms with Crippen molar-refractivity contribution in [1.29, 1.82) is 0 Å². The van der Waals surface area contributed by atoms with E-state index < -0.39 is 0 Å². The van der Waals surface area contributed by atoms with Gasteiger partial charge in [-0.05, 0) is 38.7 Å². The first-order valence-electron chi connectivity index (χ1n) is 7.45. The molecule has 0 nitrogen and oxygen atoms in total. The Morgan fingerprint density at radius 2 is 1.95 bits per heavy atom. The van der Waals surface area contributed by atoms with Gasteiger partial charge in [0.2, 0.25) is 0 Å². The largest absolute Gasteiger partial charge is 0.103 e. The summed E-state index contributed by atoms with van der Waals surface area (Å²) in [4.78, 5) is 0. The van der Waals surface area contributed by atoms with E-state index in [4.69, 9.17) is 0 Å². The second-order valence-electron chi connectivity index (χ2n) is 5.73. The van der Waals surface area contributed by atoms with Crippen molar-refractivity contribution in [2.45, 2.75) is 60.8 Å². The van der Waals surface area contributed by atoms with Gasteiger partial charge in [0.1, 0.15) is 0 Å². The first-order chi connectivity index (χ1) is 8.95. The molecule has 0 saturated heterocycles. The Balaban J connectivity index is 4.93. The van der Waals surface area contributed by atoms with E-state index in [0.29, 0.717) is 5.92 Å². The van der Waals surface area contributed by atoms with Crippen LogP contribution < -0.4 is 0 Å². The maximum atomic E-state index is 3.37. The predicted octanol–water partition coefficient (Wildman–Crippen LogP) is 5.92. The Morgan fingerprint density at radius 3 is 2.47 bits per heavy atom. The highest BCUT2D eigenvalue weighted by molar-refractivity contribution is 5.27. The topological polar surface area (TPSA) is 0 Å². The molecule has 0 aliphatic carbocycles. The standard InChI is InChI=1S/C19H30/c1-7-10-12-18(14-13-17(4)9-3)16-19(5,6)15-11-8-2/h7,10,12-14,17H,8-9,16H2,1-6H3. The second kappa shape index (κ2) is 9.68. The SMILES string of the molecule is CC=CC=C(C=CC(C)CC)CC(C)(C)C#CCC. The minimum atomic E-state index is 0.0449. The average Bonchev–Trinajstić information content (AvgIpc) is 2.38. The van der Waals surface area contributed by atoms with Crippen molar-refractivity contribution in [2.75, 3.05) is 0 Å². The summed E-state index contributed by atoms with van der Waals surface area (Å²) < 4.78 is 0. The molecule has 0 aliphatic heterocycles. The van der Waals surface area contributed by atoms with Gasteiger partial charge in [0, 0.05) is 11.8 Å². The molecule has 0 heteroatoms. The molecule has 0 heterocycles. The van der Waals surface area contributed by atoms with Gasteiger partial charge in [-0.25, -0.2) is 0 Å². The molecule has 0 fully saturated rings. The number of allylic oxidation sites excluding steroid dienone is 6. The van der Waals surface area contributed by atoms with Gasteiger partial charge < -0.3 is 0 Å². The summed E-state index contributed by atoms with van der Waals surface area (Å²) in [5, 5.41) is 0. The lowest BCUT2D eigenvalue weighted by molar-refractivity contribution is 0.502. The first kappa shape index (κ1) is 17.8. The van der Waals surface area contributed by atoms with Crippen LogP contribution in [-0.4, -0.2) is 0 Å². The molecule has 0 amide bonds. The van der Waals surface area contributed by atoms with Crippen LogP contribution in [0.4, 0.5) is 0 Å². The van der Waals surface area contributed by atoms with Crippen molar-refractivity contribution in [3.63, 3.8) is 0 Å². The molecule has 0 N–H and O–H groups in total. The lowest BCUT2D eigenvalue weighted by atomic mass is 9.85. The highest BCUT2D eigenvalue weighted by atomic mass is 14.2. The van der Waals surface area contributed by atoms with Gasteiger partial charge in [0.25, 0.3) is 0 Å². The van der Waals surface area contributed by atoms with E-state index in [2.05, 4.69) is 83.8 Å². The summed E-state index contributed by atoms with van der Waals surface area (Å²) in [5.74, 6) is 7.21. The van der Waals surface area contributed by atoms with Crippen molar-refractivity contribution in [3.8, 4) is 11.8 Å². The van der Waals surface area contributed by atoms with E-state index >= 15 is 0 Å².